The molecule has 0 aliphatic carbocycles. The fourth-order valence-corrected chi connectivity index (χ4v) is 2.91. The number of hydrogen-bond acceptors (Lipinski definition) is 6. The lowest BCUT2D eigenvalue weighted by atomic mass is 10.1. The van der Waals surface area contributed by atoms with E-state index in [1.165, 1.54) is 0 Å². The second kappa shape index (κ2) is 8.22. The van der Waals surface area contributed by atoms with Crippen LogP contribution in [-0.4, -0.2) is 59.3 Å². The first-order valence-corrected chi connectivity index (χ1v) is 8.49. The van der Waals surface area contributed by atoms with Gasteiger partial charge in [-0.2, -0.15) is 5.10 Å². The minimum Gasteiger partial charge on any atom is -0.383 e. The molecule has 2 aromatic rings. The average molecular weight is 362 g/mol. The Morgan fingerprint density at radius 2 is 2.16 bits per heavy atom. The Balaban J connectivity index is 1.58. The zero-order valence-corrected chi connectivity index (χ0v) is 14.7. The summed E-state index contributed by atoms with van der Waals surface area (Å²) in [4.78, 5) is 18.3. The van der Waals surface area contributed by atoms with Crippen molar-refractivity contribution in [2.45, 2.75) is 6.42 Å². The smallest absolute Gasteiger partial charge is 0.243 e. The first kappa shape index (κ1) is 17.6. The third-order valence-electron chi connectivity index (χ3n) is 4.11. The molecule has 7 nitrogen and oxygen atoms in total. The molecule has 1 amide bonds. The number of likely N-dealkylation sites (tertiary alicyclic amines) is 1. The van der Waals surface area contributed by atoms with Gasteiger partial charge in [-0.05, 0) is 12.1 Å². The van der Waals surface area contributed by atoms with E-state index in [4.69, 9.17) is 16.3 Å². The highest BCUT2D eigenvalue weighted by Crippen LogP contribution is 2.20. The maximum Gasteiger partial charge on any atom is 0.243 e. The summed E-state index contributed by atoms with van der Waals surface area (Å²) in [6.07, 6.45) is 2.14. The summed E-state index contributed by atoms with van der Waals surface area (Å²) in [5, 5.41) is 11.9. The molecule has 132 valence electrons. The molecule has 0 spiro atoms. The molecule has 1 saturated heterocycles. The van der Waals surface area contributed by atoms with Crippen molar-refractivity contribution in [2.75, 3.05) is 38.7 Å². The monoisotopic (exact) mass is 361 g/mol. The Morgan fingerprint density at radius 1 is 1.36 bits per heavy atom. The molecule has 1 aliphatic rings. The number of aromatic nitrogens is 3. The lowest BCUT2D eigenvalue weighted by Gasteiger charge is -2.16. The fourth-order valence-electron chi connectivity index (χ4n) is 2.78. The number of benzene rings is 1. The number of ether oxygens (including phenoxy) is 1. The van der Waals surface area contributed by atoms with E-state index in [9.17, 15) is 4.79 Å². The lowest BCUT2D eigenvalue weighted by molar-refractivity contribution is -0.128. The maximum atomic E-state index is 12.0. The molecule has 1 aromatic heterocycles. The summed E-state index contributed by atoms with van der Waals surface area (Å²) in [6, 6.07) is 7.40. The largest absolute Gasteiger partial charge is 0.383 e. The molecule has 3 rings (SSSR count). The van der Waals surface area contributed by atoms with Gasteiger partial charge < -0.3 is 15.0 Å². The summed E-state index contributed by atoms with van der Waals surface area (Å²) in [6.45, 7) is 2.54. The number of carbonyl (C=O) groups is 1. The lowest BCUT2D eigenvalue weighted by Crippen LogP contribution is -2.29. The van der Waals surface area contributed by atoms with Crippen molar-refractivity contribution in [1.82, 2.24) is 20.1 Å². The topological polar surface area (TPSA) is 80.2 Å². The van der Waals surface area contributed by atoms with Crippen molar-refractivity contribution in [3.63, 3.8) is 0 Å². The van der Waals surface area contributed by atoms with Gasteiger partial charge in [0, 0.05) is 49.7 Å². The van der Waals surface area contributed by atoms with Gasteiger partial charge in [0.2, 0.25) is 11.9 Å². The van der Waals surface area contributed by atoms with Crippen LogP contribution < -0.4 is 5.32 Å². The van der Waals surface area contributed by atoms with Crippen LogP contribution in [0.15, 0.2) is 30.5 Å². The summed E-state index contributed by atoms with van der Waals surface area (Å²) in [5.74, 6) is 0.847. The van der Waals surface area contributed by atoms with Crippen molar-refractivity contribution < 1.29 is 9.53 Å². The van der Waals surface area contributed by atoms with Crippen molar-refractivity contribution in [1.29, 1.82) is 0 Å². The normalized spacial score (nSPS) is 17.1. The number of hydrogen-bond donors (Lipinski definition) is 1. The number of nitrogens with zero attached hydrogens (tertiary/aromatic N) is 4. The second-order valence-corrected chi connectivity index (χ2v) is 6.39. The molecule has 0 bridgehead atoms. The minimum absolute atomic E-state index is 0.165. The average Bonchev–Trinajstić information content (AvgIpc) is 2.99. The van der Waals surface area contributed by atoms with Crippen LogP contribution in [0, 0.1) is 5.92 Å². The van der Waals surface area contributed by atoms with Crippen molar-refractivity contribution in [3.8, 4) is 11.3 Å². The highest BCUT2D eigenvalue weighted by Gasteiger charge is 2.29. The molecule has 25 heavy (non-hydrogen) atoms. The molecule has 0 radical (unpaired) electrons. The molecule has 2 heterocycles. The number of anilines is 1. The van der Waals surface area contributed by atoms with Gasteiger partial charge in [-0.25, -0.2) is 4.98 Å². The van der Waals surface area contributed by atoms with E-state index in [-0.39, 0.29) is 11.8 Å². The van der Waals surface area contributed by atoms with Gasteiger partial charge in [-0.1, -0.05) is 23.7 Å². The SMILES string of the molecule is COCCN1CC(CNc2nncc(-c3ccc(Cl)cc3)n2)CC1=O. The summed E-state index contributed by atoms with van der Waals surface area (Å²) in [7, 11) is 1.64. The molecule has 1 aliphatic heterocycles. The Labute approximate surface area is 151 Å². The second-order valence-electron chi connectivity index (χ2n) is 5.96. The van der Waals surface area contributed by atoms with Crippen molar-refractivity contribution in [3.05, 3.63) is 35.5 Å². The van der Waals surface area contributed by atoms with E-state index in [2.05, 4.69) is 20.5 Å². The highest BCUT2D eigenvalue weighted by molar-refractivity contribution is 6.30. The zero-order chi connectivity index (χ0) is 17.6. The van der Waals surface area contributed by atoms with Crippen LogP contribution in [0.1, 0.15) is 6.42 Å². The summed E-state index contributed by atoms with van der Waals surface area (Å²) >= 11 is 5.91. The first-order valence-electron chi connectivity index (χ1n) is 8.12. The van der Waals surface area contributed by atoms with E-state index in [0.717, 1.165) is 17.8 Å². The van der Waals surface area contributed by atoms with Crippen molar-refractivity contribution in [2.24, 2.45) is 5.92 Å². The number of nitrogens with one attached hydrogen (secondary N) is 1. The van der Waals surface area contributed by atoms with E-state index < -0.39 is 0 Å². The molecular weight excluding hydrogens is 342 g/mol. The van der Waals surface area contributed by atoms with E-state index in [1.807, 2.05) is 29.2 Å². The standard InChI is InChI=1S/C17H20ClN5O2/c1-25-7-6-23-11-12(8-16(23)24)9-19-17-21-15(10-20-22-17)13-2-4-14(18)5-3-13/h2-5,10,12H,6-9,11H2,1H3,(H,19,21,22). The van der Waals surface area contributed by atoms with Gasteiger partial charge in [-0.3, -0.25) is 4.79 Å². The number of halogens is 1. The summed E-state index contributed by atoms with van der Waals surface area (Å²) in [5.41, 5.74) is 1.64. The molecule has 1 fully saturated rings. The van der Waals surface area contributed by atoms with Gasteiger partial charge in [0.05, 0.1) is 18.5 Å². The van der Waals surface area contributed by atoms with Gasteiger partial charge in [0.1, 0.15) is 0 Å². The first-order chi connectivity index (χ1) is 12.2. The molecule has 1 unspecified atom stereocenters. The Bertz CT molecular complexity index is 725. The molecule has 1 N–H and O–H groups in total. The van der Waals surface area contributed by atoms with Gasteiger partial charge in [0.15, 0.2) is 0 Å². The Morgan fingerprint density at radius 3 is 2.92 bits per heavy atom. The van der Waals surface area contributed by atoms with Crippen LogP contribution in [0.5, 0.6) is 0 Å². The Kier molecular flexibility index (Phi) is 5.78. The predicted octanol–water partition coefficient (Wildman–Crippen LogP) is 2.10. The van der Waals surface area contributed by atoms with Crippen LogP contribution in [0.25, 0.3) is 11.3 Å². The van der Waals surface area contributed by atoms with Gasteiger partial charge in [0.25, 0.3) is 0 Å². The minimum atomic E-state index is 0.165. The van der Waals surface area contributed by atoms with Crippen LogP contribution in [0.2, 0.25) is 5.02 Å². The Hall–Kier alpha value is -2.25. The summed E-state index contributed by atoms with van der Waals surface area (Å²) < 4.78 is 5.03. The quantitative estimate of drug-likeness (QED) is 0.813. The van der Waals surface area contributed by atoms with Crippen LogP contribution >= 0.6 is 11.6 Å². The fraction of sp³-hybridized carbons (Fsp3) is 0.412. The van der Waals surface area contributed by atoms with E-state index in [1.54, 1.807) is 13.3 Å². The number of rotatable bonds is 7. The van der Waals surface area contributed by atoms with Crippen molar-refractivity contribution >= 4 is 23.5 Å². The van der Waals surface area contributed by atoms with Crippen LogP contribution in [0.3, 0.4) is 0 Å². The molecule has 1 atom stereocenters. The van der Waals surface area contributed by atoms with Gasteiger partial charge in [-0.15, -0.1) is 5.10 Å². The molecule has 1 aromatic carbocycles. The molecular formula is C17H20ClN5O2. The van der Waals surface area contributed by atoms with Crippen LogP contribution in [-0.2, 0) is 9.53 Å². The zero-order valence-electron chi connectivity index (χ0n) is 14.0. The highest BCUT2D eigenvalue weighted by atomic mass is 35.5. The molecule has 8 heteroatoms. The molecule has 0 saturated carbocycles. The maximum absolute atomic E-state index is 12.0. The van der Waals surface area contributed by atoms with Crippen LogP contribution in [0.4, 0.5) is 5.95 Å². The third-order valence-corrected chi connectivity index (χ3v) is 4.36. The predicted molar refractivity (Wildman–Crippen MR) is 95.3 cm³/mol. The van der Waals surface area contributed by atoms with Gasteiger partial charge >= 0.3 is 0 Å². The van der Waals surface area contributed by atoms with E-state index in [0.29, 0.717) is 37.1 Å². The third kappa shape index (κ3) is 4.64. The van der Waals surface area contributed by atoms with E-state index >= 15 is 0 Å². The number of carbonyl (C=O) groups excluding carboxylic acids is 1. The number of methoxy groups -OCH3 is 1. The number of amides is 1.